The van der Waals surface area contributed by atoms with Crippen LogP contribution in [0.4, 0.5) is 18.0 Å². The topological polar surface area (TPSA) is 81.8 Å². The van der Waals surface area contributed by atoms with Gasteiger partial charge in [-0.2, -0.15) is 13.2 Å². The molecule has 2 heterocycles. The molecule has 0 unspecified atom stereocenters. The second kappa shape index (κ2) is 7.32. The zero-order chi connectivity index (χ0) is 19.6. The van der Waals surface area contributed by atoms with Gasteiger partial charge >= 0.3 is 12.2 Å². The molecule has 0 aromatic rings. The lowest BCUT2D eigenvalue weighted by Crippen LogP contribution is -2.52. The molecule has 0 aromatic carbocycles. The summed E-state index contributed by atoms with van der Waals surface area (Å²) in [6.07, 6.45) is -2.09. The van der Waals surface area contributed by atoms with Crippen LogP contribution in [0.25, 0.3) is 0 Å². The predicted octanol–water partition coefficient (Wildman–Crippen LogP) is 1.27. The van der Waals surface area contributed by atoms with Crippen LogP contribution in [-0.4, -0.2) is 61.0 Å². The Morgan fingerprint density at radius 2 is 1.65 bits per heavy atom. The van der Waals surface area contributed by atoms with Crippen LogP contribution in [-0.2, 0) is 9.59 Å². The number of barbiturate groups is 1. The van der Waals surface area contributed by atoms with Crippen molar-refractivity contribution in [3.8, 4) is 0 Å². The quantitative estimate of drug-likeness (QED) is 0.574. The Hall–Kier alpha value is -2.62. The third-order valence-corrected chi connectivity index (χ3v) is 3.85. The van der Waals surface area contributed by atoms with Crippen LogP contribution in [0, 0.1) is 0 Å². The summed E-state index contributed by atoms with van der Waals surface area (Å²) < 4.78 is 40.6. The number of amides is 4. The molecule has 2 N–H and O–H groups in total. The van der Waals surface area contributed by atoms with Gasteiger partial charge in [0, 0.05) is 12.2 Å². The number of imide groups is 2. The highest BCUT2D eigenvalue weighted by Gasteiger charge is 2.41. The van der Waals surface area contributed by atoms with E-state index in [-0.39, 0.29) is 17.8 Å². The van der Waals surface area contributed by atoms with Crippen molar-refractivity contribution in [2.45, 2.75) is 19.5 Å². The normalized spacial score (nSPS) is 18.7. The number of hydrogen-bond donors (Lipinski definition) is 2. The van der Waals surface area contributed by atoms with Crippen molar-refractivity contribution in [3.63, 3.8) is 0 Å². The molecule has 2 aliphatic rings. The van der Waals surface area contributed by atoms with Crippen LogP contribution in [0.15, 0.2) is 34.7 Å². The molecule has 2 aliphatic heterocycles. The van der Waals surface area contributed by atoms with Gasteiger partial charge in [0.15, 0.2) is 0 Å². The molecule has 7 nitrogen and oxygen atoms in total. The van der Waals surface area contributed by atoms with Gasteiger partial charge in [-0.3, -0.25) is 20.2 Å². The molecule has 2 rings (SSSR count). The van der Waals surface area contributed by atoms with E-state index in [1.807, 2.05) is 29.6 Å². The van der Waals surface area contributed by atoms with E-state index < -0.39 is 35.3 Å². The van der Waals surface area contributed by atoms with E-state index in [1.54, 1.807) is 0 Å². The maximum Gasteiger partial charge on any atom is 0.431 e. The van der Waals surface area contributed by atoms with Gasteiger partial charge in [-0.15, -0.1) is 0 Å². The molecule has 0 spiro atoms. The number of nitrogens with zero attached hydrogens (tertiary/aromatic N) is 2. The maximum absolute atomic E-state index is 13.5. The van der Waals surface area contributed by atoms with Crippen molar-refractivity contribution in [1.82, 2.24) is 20.4 Å². The van der Waals surface area contributed by atoms with Crippen LogP contribution in [0.5, 0.6) is 0 Å². The molecule has 0 aromatic heterocycles. The summed E-state index contributed by atoms with van der Waals surface area (Å²) in [7, 11) is 3.65. The van der Waals surface area contributed by atoms with Crippen molar-refractivity contribution in [2.24, 2.45) is 0 Å². The lowest BCUT2D eigenvalue weighted by Gasteiger charge is -2.33. The fourth-order valence-corrected chi connectivity index (χ4v) is 2.71. The number of nitrogens with one attached hydrogen (secondary N) is 2. The Balaban J connectivity index is 2.43. The van der Waals surface area contributed by atoms with E-state index >= 15 is 0 Å². The highest BCUT2D eigenvalue weighted by molar-refractivity contribution is 6.29. The minimum absolute atomic E-state index is 0.130. The number of urea groups is 1. The summed E-state index contributed by atoms with van der Waals surface area (Å²) in [5.74, 6) is -2.06. The number of halogens is 3. The van der Waals surface area contributed by atoms with Crippen LogP contribution in [0.1, 0.15) is 13.3 Å². The lowest BCUT2D eigenvalue weighted by molar-refractivity contribution is -0.124. The molecule has 4 amide bonds. The van der Waals surface area contributed by atoms with E-state index in [9.17, 15) is 27.6 Å². The van der Waals surface area contributed by atoms with Gasteiger partial charge in [0.25, 0.3) is 11.8 Å². The van der Waals surface area contributed by atoms with Gasteiger partial charge in [0.05, 0.1) is 0 Å². The number of allylic oxidation sites excluding steroid dienone is 5. The first kappa shape index (κ1) is 19.7. The Labute approximate surface area is 148 Å². The van der Waals surface area contributed by atoms with Crippen LogP contribution < -0.4 is 10.6 Å². The molecule has 1 fully saturated rings. The molecule has 0 atom stereocenters. The van der Waals surface area contributed by atoms with E-state index in [4.69, 9.17) is 0 Å². The SMILES string of the molecule is CC1=CC(=C2C(=O)NC(=O)NC2=O)C=C(C(F)(F)F)N1CCCN(C)C. The van der Waals surface area contributed by atoms with Crippen molar-refractivity contribution in [2.75, 3.05) is 27.2 Å². The lowest BCUT2D eigenvalue weighted by atomic mass is 9.99. The monoisotopic (exact) mass is 372 g/mol. The molecule has 0 aliphatic carbocycles. The van der Waals surface area contributed by atoms with E-state index in [2.05, 4.69) is 0 Å². The third-order valence-electron chi connectivity index (χ3n) is 3.85. The summed E-state index contributed by atoms with van der Waals surface area (Å²) in [5, 5.41) is 3.71. The highest BCUT2D eigenvalue weighted by atomic mass is 19.4. The number of alkyl halides is 3. The molecular weight excluding hydrogens is 353 g/mol. The second-order valence-electron chi connectivity index (χ2n) is 6.19. The number of carbonyl (C=O) groups excluding carboxylic acids is 3. The Morgan fingerprint density at radius 1 is 1.08 bits per heavy atom. The summed E-state index contributed by atoms with van der Waals surface area (Å²) in [4.78, 5) is 37.9. The third kappa shape index (κ3) is 4.31. The fraction of sp³-hybridized carbons (Fsp3) is 0.438. The molecule has 0 radical (unpaired) electrons. The van der Waals surface area contributed by atoms with E-state index in [0.29, 0.717) is 13.0 Å². The minimum Gasteiger partial charge on any atom is -0.341 e. The first-order valence-corrected chi connectivity index (χ1v) is 7.81. The van der Waals surface area contributed by atoms with E-state index in [0.717, 1.165) is 11.0 Å². The zero-order valence-electron chi connectivity index (χ0n) is 14.5. The predicted molar refractivity (Wildman–Crippen MR) is 86.5 cm³/mol. The van der Waals surface area contributed by atoms with Crippen molar-refractivity contribution < 1.29 is 27.6 Å². The van der Waals surface area contributed by atoms with Gasteiger partial charge < -0.3 is 9.80 Å². The second-order valence-corrected chi connectivity index (χ2v) is 6.19. The molecule has 10 heteroatoms. The average molecular weight is 372 g/mol. The molecule has 0 bridgehead atoms. The molecule has 142 valence electrons. The summed E-state index contributed by atoms with van der Waals surface area (Å²) in [6, 6.07) is -1.01. The summed E-state index contributed by atoms with van der Waals surface area (Å²) in [6.45, 7) is 2.21. The van der Waals surface area contributed by atoms with E-state index in [1.165, 1.54) is 13.0 Å². The van der Waals surface area contributed by atoms with Crippen molar-refractivity contribution in [1.29, 1.82) is 0 Å². The van der Waals surface area contributed by atoms with Gasteiger partial charge in [0.2, 0.25) is 0 Å². The highest BCUT2D eigenvalue weighted by Crippen LogP contribution is 2.36. The Morgan fingerprint density at radius 3 is 2.15 bits per heavy atom. The molecule has 1 saturated heterocycles. The average Bonchev–Trinajstić information content (AvgIpc) is 2.46. The standard InChI is InChI=1S/C16H19F3N4O3/c1-9-7-10(12-13(24)20-15(26)21-14(12)25)8-11(16(17,18)19)23(9)6-4-5-22(2)3/h7-8H,4-6H2,1-3H3,(H2,20,21,24,25,26). The summed E-state index contributed by atoms with van der Waals surface area (Å²) in [5.41, 5.74) is -1.44. The Kier molecular flexibility index (Phi) is 5.55. The number of carbonyl (C=O) groups is 3. The van der Waals surface area contributed by atoms with Gasteiger partial charge in [-0.1, -0.05) is 0 Å². The van der Waals surface area contributed by atoms with Gasteiger partial charge in [-0.05, 0) is 51.7 Å². The fourth-order valence-electron chi connectivity index (χ4n) is 2.71. The largest absolute Gasteiger partial charge is 0.431 e. The minimum atomic E-state index is -4.67. The van der Waals surface area contributed by atoms with Crippen molar-refractivity contribution in [3.05, 3.63) is 34.7 Å². The number of hydrogen-bond acceptors (Lipinski definition) is 5. The van der Waals surface area contributed by atoms with Crippen LogP contribution >= 0.6 is 0 Å². The first-order chi connectivity index (χ1) is 12.0. The molecule has 26 heavy (non-hydrogen) atoms. The smallest absolute Gasteiger partial charge is 0.341 e. The molecular formula is C16H19F3N4O3. The number of rotatable bonds is 4. The van der Waals surface area contributed by atoms with Crippen LogP contribution in [0.2, 0.25) is 0 Å². The Bertz CT molecular complexity index is 714. The van der Waals surface area contributed by atoms with Crippen molar-refractivity contribution >= 4 is 17.8 Å². The van der Waals surface area contributed by atoms with Gasteiger partial charge in [0.1, 0.15) is 11.3 Å². The van der Waals surface area contributed by atoms with Crippen LogP contribution in [0.3, 0.4) is 0 Å². The van der Waals surface area contributed by atoms with Gasteiger partial charge in [-0.25, -0.2) is 4.79 Å². The first-order valence-electron chi connectivity index (χ1n) is 7.81. The summed E-state index contributed by atoms with van der Waals surface area (Å²) >= 11 is 0. The molecule has 0 saturated carbocycles. The zero-order valence-corrected chi connectivity index (χ0v) is 14.5. The maximum atomic E-state index is 13.5.